The van der Waals surface area contributed by atoms with Crippen molar-refractivity contribution < 1.29 is 32.2 Å². The van der Waals surface area contributed by atoms with Crippen molar-refractivity contribution in [3.05, 3.63) is 48.0 Å². The summed E-state index contributed by atoms with van der Waals surface area (Å²) in [5.74, 6) is 0.354. The summed E-state index contributed by atoms with van der Waals surface area (Å²) in [6.45, 7) is 1.83. The predicted octanol–water partition coefficient (Wildman–Crippen LogP) is 1.80. The van der Waals surface area contributed by atoms with E-state index in [1.807, 2.05) is 0 Å². The molecule has 0 spiro atoms. The van der Waals surface area contributed by atoms with Crippen LogP contribution in [0, 0.1) is 0 Å². The first kappa shape index (κ1) is 21.6. The lowest BCUT2D eigenvalue weighted by molar-refractivity contribution is -0.153. The number of rotatable bonds is 7. The summed E-state index contributed by atoms with van der Waals surface area (Å²) in [6.07, 6.45) is -0.622. The number of hydrogen-bond acceptors (Lipinski definition) is 8. The van der Waals surface area contributed by atoms with Crippen LogP contribution in [0.1, 0.15) is 25.3 Å². The Labute approximate surface area is 184 Å². The molecule has 2 aliphatic rings. The lowest BCUT2D eigenvalue weighted by Crippen LogP contribution is -2.30. The van der Waals surface area contributed by atoms with E-state index in [0.717, 1.165) is 0 Å². The minimum absolute atomic E-state index is 0.0345. The zero-order valence-corrected chi connectivity index (χ0v) is 18.0. The highest BCUT2D eigenvalue weighted by Gasteiger charge is 2.30. The third-order valence-electron chi connectivity index (χ3n) is 4.79. The maximum Gasteiger partial charge on any atom is 0.306 e. The molecule has 2 aromatic rings. The summed E-state index contributed by atoms with van der Waals surface area (Å²) in [6, 6.07) is 11.5. The molecule has 168 valence electrons. The van der Waals surface area contributed by atoms with Gasteiger partial charge in [0.05, 0.1) is 4.90 Å². The van der Waals surface area contributed by atoms with Gasteiger partial charge in [-0.15, -0.1) is 0 Å². The fourth-order valence-electron chi connectivity index (χ4n) is 3.19. The molecule has 2 N–H and O–H groups in total. The fourth-order valence-corrected chi connectivity index (χ4v) is 4.44. The number of aliphatic imine (C=N–C) groups is 1. The Morgan fingerprint density at radius 1 is 1.19 bits per heavy atom. The molecule has 0 bridgehead atoms. The van der Waals surface area contributed by atoms with E-state index in [1.165, 1.54) is 13.0 Å². The van der Waals surface area contributed by atoms with E-state index in [4.69, 9.17) is 14.2 Å². The van der Waals surface area contributed by atoms with Crippen molar-refractivity contribution in [2.75, 3.05) is 18.7 Å². The van der Waals surface area contributed by atoms with Crippen molar-refractivity contribution in [2.45, 2.75) is 30.8 Å². The summed E-state index contributed by atoms with van der Waals surface area (Å²) in [7, 11) is -3.59. The summed E-state index contributed by atoms with van der Waals surface area (Å²) in [5, 5.41) is 2.66. The maximum atomic E-state index is 12.3. The number of carbonyl (C=O) groups excluding carboxylic acids is 2. The van der Waals surface area contributed by atoms with E-state index < -0.39 is 28.0 Å². The number of fused-ring (bicyclic) bond motifs is 2. The Morgan fingerprint density at radius 2 is 1.97 bits per heavy atom. The largest absolute Gasteiger partial charge is 0.454 e. The summed E-state index contributed by atoms with van der Waals surface area (Å²) in [5.41, 5.74) is 1.00. The number of anilines is 1. The Kier molecular flexibility index (Phi) is 5.99. The first-order valence-electron chi connectivity index (χ1n) is 9.90. The predicted molar refractivity (Wildman–Crippen MR) is 114 cm³/mol. The summed E-state index contributed by atoms with van der Waals surface area (Å²) in [4.78, 5) is 28.8. The van der Waals surface area contributed by atoms with Crippen LogP contribution in [-0.2, 0) is 24.3 Å². The van der Waals surface area contributed by atoms with Gasteiger partial charge in [0, 0.05) is 30.3 Å². The average molecular weight is 459 g/mol. The van der Waals surface area contributed by atoms with Crippen molar-refractivity contribution in [1.29, 1.82) is 0 Å². The van der Waals surface area contributed by atoms with Gasteiger partial charge in [-0.3, -0.25) is 19.3 Å². The number of hydrogen-bond donors (Lipinski definition) is 2. The number of amidine groups is 1. The maximum absolute atomic E-state index is 12.3. The smallest absolute Gasteiger partial charge is 0.306 e. The zero-order chi connectivity index (χ0) is 22.7. The van der Waals surface area contributed by atoms with E-state index in [0.29, 0.717) is 29.2 Å². The van der Waals surface area contributed by atoms with E-state index in [1.54, 1.807) is 36.4 Å². The molecule has 0 radical (unpaired) electrons. The average Bonchev–Trinajstić information content (AvgIpc) is 3.33. The Hall–Kier alpha value is -3.60. The fraction of sp³-hybridized carbons (Fsp3) is 0.286. The Morgan fingerprint density at radius 3 is 2.81 bits per heavy atom. The van der Waals surface area contributed by atoms with Gasteiger partial charge < -0.3 is 19.5 Å². The lowest BCUT2D eigenvalue weighted by Gasteiger charge is -2.13. The second-order valence-electron chi connectivity index (χ2n) is 7.12. The van der Waals surface area contributed by atoms with Crippen molar-refractivity contribution in [3.63, 3.8) is 0 Å². The van der Waals surface area contributed by atoms with Crippen LogP contribution in [-0.4, -0.2) is 45.6 Å². The van der Waals surface area contributed by atoms with E-state index in [-0.39, 0.29) is 30.5 Å². The molecule has 2 heterocycles. The number of benzene rings is 2. The van der Waals surface area contributed by atoms with Crippen LogP contribution in [0.15, 0.2) is 52.4 Å². The molecular formula is C21H21N3O7S. The molecule has 0 unspecified atom stereocenters. The number of nitrogens with zero attached hydrogens (tertiary/aromatic N) is 1. The zero-order valence-electron chi connectivity index (χ0n) is 17.2. The molecule has 4 rings (SSSR count). The van der Waals surface area contributed by atoms with Crippen molar-refractivity contribution in [3.8, 4) is 11.5 Å². The monoisotopic (exact) mass is 459 g/mol. The molecule has 2 aliphatic heterocycles. The van der Waals surface area contributed by atoms with E-state index >= 15 is 0 Å². The van der Waals surface area contributed by atoms with Gasteiger partial charge >= 0.3 is 5.97 Å². The van der Waals surface area contributed by atoms with Gasteiger partial charge in [-0.1, -0.05) is 12.1 Å². The van der Waals surface area contributed by atoms with Gasteiger partial charge in [-0.05, 0) is 37.6 Å². The SMILES string of the molecule is C[C@H](OC(=O)CCCN=C1NS(=O)(=O)c2ccccc21)C(=O)Nc1ccc2c(c1)OCO2. The van der Waals surface area contributed by atoms with Crippen LogP contribution in [0.4, 0.5) is 5.69 Å². The molecular weight excluding hydrogens is 438 g/mol. The quantitative estimate of drug-likeness (QED) is 0.477. The summed E-state index contributed by atoms with van der Waals surface area (Å²) < 4.78 is 42.2. The molecule has 32 heavy (non-hydrogen) atoms. The van der Waals surface area contributed by atoms with Gasteiger partial charge in [-0.2, -0.15) is 0 Å². The molecule has 0 aromatic heterocycles. The molecule has 2 aromatic carbocycles. The number of nitrogens with one attached hydrogen (secondary N) is 2. The molecule has 0 saturated heterocycles. The highest BCUT2D eigenvalue weighted by atomic mass is 32.2. The molecule has 0 saturated carbocycles. The van der Waals surface area contributed by atoms with Gasteiger partial charge in [0.25, 0.3) is 15.9 Å². The Balaban J connectivity index is 1.24. The van der Waals surface area contributed by atoms with Gasteiger partial charge in [0.15, 0.2) is 17.6 Å². The number of amides is 1. The van der Waals surface area contributed by atoms with Crippen LogP contribution in [0.5, 0.6) is 11.5 Å². The van der Waals surface area contributed by atoms with E-state index in [2.05, 4.69) is 15.0 Å². The van der Waals surface area contributed by atoms with Gasteiger partial charge in [0.1, 0.15) is 5.84 Å². The lowest BCUT2D eigenvalue weighted by atomic mass is 10.2. The minimum atomic E-state index is -3.59. The molecule has 1 atom stereocenters. The highest BCUT2D eigenvalue weighted by molar-refractivity contribution is 7.90. The van der Waals surface area contributed by atoms with Crippen LogP contribution in [0.3, 0.4) is 0 Å². The first-order chi connectivity index (χ1) is 15.3. The first-order valence-corrected chi connectivity index (χ1v) is 11.4. The van der Waals surface area contributed by atoms with Gasteiger partial charge in [0.2, 0.25) is 6.79 Å². The number of sulfonamides is 1. The number of esters is 1. The molecule has 0 aliphatic carbocycles. The van der Waals surface area contributed by atoms with Gasteiger partial charge in [-0.25, -0.2) is 8.42 Å². The van der Waals surface area contributed by atoms with Crippen LogP contribution in [0.2, 0.25) is 0 Å². The standard InChI is InChI=1S/C21H21N3O7S/c1-13(21(26)23-14-8-9-16-17(11-14)30-12-29-16)31-19(25)7-4-10-22-20-15-5-2-3-6-18(15)32(27,28)24-20/h2-3,5-6,8-9,11,13H,4,7,10,12H2,1H3,(H,22,24)(H,23,26)/t13-/m0/s1. The van der Waals surface area contributed by atoms with Crippen LogP contribution < -0.4 is 19.5 Å². The highest BCUT2D eigenvalue weighted by Crippen LogP contribution is 2.34. The molecule has 11 heteroatoms. The van der Waals surface area contributed by atoms with Crippen LogP contribution >= 0.6 is 0 Å². The topological polar surface area (TPSA) is 132 Å². The summed E-state index contributed by atoms with van der Waals surface area (Å²) >= 11 is 0. The number of carbonyl (C=O) groups is 2. The van der Waals surface area contributed by atoms with Crippen LogP contribution in [0.25, 0.3) is 0 Å². The molecule has 0 fully saturated rings. The minimum Gasteiger partial charge on any atom is -0.454 e. The van der Waals surface area contributed by atoms with E-state index in [9.17, 15) is 18.0 Å². The normalized spacial score (nSPS) is 17.3. The van der Waals surface area contributed by atoms with Crippen molar-refractivity contribution in [2.24, 2.45) is 4.99 Å². The third kappa shape index (κ3) is 4.67. The second-order valence-corrected chi connectivity index (χ2v) is 8.78. The Bertz CT molecular complexity index is 1190. The van der Waals surface area contributed by atoms with Crippen molar-refractivity contribution >= 4 is 33.4 Å². The third-order valence-corrected chi connectivity index (χ3v) is 6.19. The second kappa shape index (κ2) is 8.87. The van der Waals surface area contributed by atoms with Crippen molar-refractivity contribution in [1.82, 2.24) is 4.72 Å². The number of ether oxygens (including phenoxy) is 3. The molecule has 1 amide bonds. The molecule has 10 nitrogen and oxygen atoms in total.